The molecule has 2 aromatic rings. The van der Waals surface area contributed by atoms with Crippen molar-refractivity contribution in [3.63, 3.8) is 0 Å². The third kappa shape index (κ3) is 5.09. The summed E-state index contributed by atoms with van der Waals surface area (Å²) in [7, 11) is 0. The number of hydrogen-bond donors (Lipinski definition) is 2. The van der Waals surface area contributed by atoms with Crippen LogP contribution < -0.4 is 10.6 Å². The number of nitrogens with zero attached hydrogens (tertiary/aromatic N) is 1. The summed E-state index contributed by atoms with van der Waals surface area (Å²) in [5.74, 6) is -0.505. The topological polar surface area (TPSA) is 80.3 Å². The minimum absolute atomic E-state index is 0.0245. The number of fused-ring (bicyclic) bond motifs is 1. The maximum absolute atomic E-state index is 11.6. The van der Waals surface area contributed by atoms with Gasteiger partial charge >= 0.3 is 0 Å². The lowest BCUT2D eigenvalue weighted by Crippen LogP contribution is -2.38. The fraction of sp³-hybridized carbons (Fsp3) is 0.400. The predicted molar refractivity (Wildman–Crippen MR) is 85.6 cm³/mol. The zero-order chi connectivity index (χ0) is 15.8. The van der Waals surface area contributed by atoms with E-state index >= 15 is 0 Å². The molecule has 0 radical (unpaired) electrons. The van der Waals surface area contributed by atoms with E-state index in [0.29, 0.717) is 6.54 Å². The number of rotatable bonds is 8. The Balaban J connectivity index is 1.67. The lowest BCUT2D eigenvalue weighted by molar-refractivity contribution is -0.129. The van der Waals surface area contributed by atoms with E-state index < -0.39 is 0 Å². The summed E-state index contributed by atoms with van der Waals surface area (Å²) in [6.45, 7) is 2.76. The number of hydrogen-bond acceptors (Lipinski definition) is 5. The van der Waals surface area contributed by atoms with Crippen LogP contribution in [0.5, 0.6) is 0 Å². The van der Waals surface area contributed by atoms with Crippen molar-refractivity contribution in [2.24, 2.45) is 0 Å². The first kappa shape index (κ1) is 16.4. The number of thiazole rings is 1. The SMILES string of the molecule is CCCNC(=O)CNC(=O)COCc1nc2ccccc2s1. The van der Waals surface area contributed by atoms with Gasteiger partial charge in [-0.3, -0.25) is 9.59 Å². The average molecular weight is 321 g/mol. The zero-order valence-electron chi connectivity index (χ0n) is 12.4. The molecule has 0 aliphatic rings. The van der Waals surface area contributed by atoms with Crippen LogP contribution in [0.4, 0.5) is 0 Å². The number of carbonyl (C=O) groups excluding carboxylic acids is 2. The Kier molecular flexibility index (Phi) is 6.29. The molecule has 7 heteroatoms. The molecule has 0 saturated heterocycles. The summed E-state index contributed by atoms with van der Waals surface area (Å²) in [5, 5.41) is 6.02. The first-order valence-electron chi connectivity index (χ1n) is 7.14. The Hall–Kier alpha value is -1.99. The van der Waals surface area contributed by atoms with Crippen LogP contribution in [-0.4, -0.2) is 36.5 Å². The molecule has 0 aliphatic heterocycles. The monoisotopic (exact) mass is 321 g/mol. The van der Waals surface area contributed by atoms with Gasteiger partial charge in [-0.25, -0.2) is 4.98 Å². The summed E-state index contributed by atoms with van der Waals surface area (Å²) in [4.78, 5) is 27.3. The van der Waals surface area contributed by atoms with Crippen molar-refractivity contribution in [3.05, 3.63) is 29.3 Å². The van der Waals surface area contributed by atoms with Crippen LogP contribution in [0.3, 0.4) is 0 Å². The molecule has 2 rings (SSSR count). The van der Waals surface area contributed by atoms with Crippen molar-refractivity contribution in [1.82, 2.24) is 15.6 Å². The van der Waals surface area contributed by atoms with E-state index in [1.807, 2.05) is 31.2 Å². The second-order valence-electron chi connectivity index (χ2n) is 4.69. The maximum atomic E-state index is 11.6. The van der Waals surface area contributed by atoms with Crippen molar-refractivity contribution in [2.45, 2.75) is 20.0 Å². The predicted octanol–water partition coefficient (Wildman–Crippen LogP) is 1.46. The van der Waals surface area contributed by atoms with E-state index in [9.17, 15) is 9.59 Å². The van der Waals surface area contributed by atoms with Gasteiger partial charge in [0.05, 0.1) is 23.4 Å². The molecule has 2 N–H and O–H groups in total. The van der Waals surface area contributed by atoms with E-state index in [2.05, 4.69) is 15.6 Å². The molecular formula is C15H19N3O3S. The lowest BCUT2D eigenvalue weighted by atomic mass is 10.3. The molecule has 0 bridgehead atoms. The normalized spacial score (nSPS) is 10.6. The zero-order valence-corrected chi connectivity index (χ0v) is 13.2. The second-order valence-corrected chi connectivity index (χ2v) is 5.81. The summed E-state index contributed by atoms with van der Waals surface area (Å²) < 4.78 is 6.42. The summed E-state index contributed by atoms with van der Waals surface area (Å²) in [6, 6.07) is 7.83. The van der Waals surface area contributed by atoms with Crippen molar-refractivity contribution in [1.29, 1.82) is 0 Å². The summed E-state index contributed by atoms with van der Waals surface area (Å²) >= 11 is 1.54. The Bertz CT molecular complexity index is 609. The van der Waals surface area contributed by atoms with Gasteiger partial charge < -0.3 is 15.4 Å². The van der Waals surface area contributed by atoms with E-state index in [-0.39, 0.29) is 31.6 Å². The minimum Gasteiger partial charge on any atom is -0.364 e. The molecule has 1 aromatic carbocycles. The van der Waals surface area contributed by atoms with Gasteiger partial charge in [-0.1, -0.05) is 19.1 Å². The van der Waals surface area contributed by atoms with Crippen molar-refractivity contribution in [3.8, 4) is 0 Å². The van der Waals surface area contributed by atoms with Gasteiger partial charge in [-0.15, -0.1) is 11.3 Å². The van der Waals surface area contributed by atoms with Crippen LogP contribution in [0.1, 0.15) is 18.4 Å². The molecular weight excluding hydrogens is 302 g/mol. The van der Waals surface area contributed by atoms with Gasteiger partial charge in [-0.2, -0.15) is 0 Å². The van der Waals surface area contributed by atoms with E-state index in [1.165, 1.54) is 0 Å². The molecule has 0 atom stereocenters. The van der Waals surface area contributed by atoms with E-state index in [0.717, 1.165) is 21.6 Å². The number of aromatic nitrogens is 1. The fourth-order valence-electron chi connectivity index (χ4n) is 1.77. The number of nitrogens with one attached hydrogen (secondary N) is 2. The lowest BCUT2D eigenvalue weighted by Gasteiger charge is -2.06. The Labute approximate surface area is 132 Å². The van der Waals surface area contributed by atoms with E-state index in [4.69, 9.17) is 4.74 Å². The van der Waals surface area contributed by atoms with Gasteiger partial charge in [0.25, 0.3) is 0 Å². The average Bonchev–Trinajstić information content (AvgIpc) is 2.93. The highest BCUT2D eigenvalue weighted by Crippen LogP contribution is 2.21. The number of carbonyl (C=O) groups is 2. The van der Waals surface area contributed by atoms with Gasteiger partial charge in [0, 0.05) is 6.54 Å². The molecule has 22 heavy (non-hydrogen) atoms. The molecule has 0 spiro atoms. The molecule has 0 aliphatic carbocycles. The van der Waals surface area contributed by atoms with Crippen molar-refractivity contribution >= 4 is 33.4 Å². The smallest absolute Gasteiger partial charge is 0.246 e. The Morgan fingerprint density at radius 2 is 2.05 bits per heavy atom. The van der Waals surface area contributed by atoms with Gasteiger partial charge in [0.1, 0.15) is 11.6 Å². The second kappa shape index (κ2) is 8.45. The summed E-state index contributed by atoms with van der Waals surface area (Å²) in [6.07, 6.45) is 0.866. The van der Waals surface area contributed by atoms with Crippen LogP contribution in [-0.2, 0) is 20.9 Å². The fourth-order valence-corrected chi connectivity index (χ4v) is 2.67. The summed E-state index contributed by atoms with van der Waals surface area (Å²) in [5.41, 5.74) is 0.933. The van der Waals surface area contributed by atoms with Crippen LogP contribution in [0.15, 0.2) is 24.3 Å². The van der Waals surface area contributed by atoms with E-state index in [1.54, 1.807) is 11.3 Å². The third-order valence-corrected chi connectivity index (χ3v) is 3.83. The van der Waals surface area contributed by atoms with Gasteiger partial charge in [-0.05, 0) is 18.6 Å². The Morgan fingerprint density at radius 3 is 2.82 bits per heavy atom. The van der Waals surface area contributed by atoms with Crippen molar-refractivity contribution in [2.75, 3.05) is 19.7 Å². The number of ether oxygens (including phenoxy) is 1. The highest BCUT2D eigenvalue weighted by atomic mass is 32.1. The van der Waals surface area contributed by atoms with Crippen LogP contribution in [0, 0.1) is 0 Å². The molecule has 6 nitrogen and oxygen atoms in total. The largest absolute Gasteiger partial charge is 0.364 e. The van der Waals surface area contributed by atoms with Crippen molar-refractivity contribution < 1.29 is 14.3 Å². The molecule has 0 fully saturated rings. The van der Waals surface area contributed by atoms with Crippen LogP contribution >= 0.6 is 11.3 Å². The highest BCUT2D eigenvalue weighted by molar-refractivity contribution is 7.18. The quantitative estimate of drug-likeness (QED) is 0.771. The number of benzene rings is 1. The first-order chi connectivity index (χ1) is 10.7. The maximum Gasteiger partial charge on any atom is 0.246 e. The molecule has 1 aromatic heterocycles. The molecule has 2 amide bonds. The third-order valence-electron chi connectivity index (χ3n) is 2.82. The standard InChI is InChI=1S/C15H19N3O3S/c1-2-7-16-13(19)8-17-14(20)9-21-10-15-18-11-5-3-4-6-12(11)22-15/h3-6H,2,7-10H2,1H3,(H,16,19)(H,17,20). The van der Waals surface area contributed by atoms with Crippen LogP contribution in [0.25, 0.3) is 10.2 Å². The van der Waals surface area contributed by atoms with Crippen LogP contribution in [0.2, 0.25) is 0 Å². The molecule has 0 saturated carbocycles. The molecule has 0 unspecified atom stereocenters. The number of amides is 2. The molecule has 1 heterocycles. The number of para-hydroxylation sites is 1. The first-order valence-corrected chi connectivity index (χ1v) is 7.96. The van der Waals surface area contributed by atoms with Gasteiger partial charge in [0.2, 0.25) is 11.8 Å². The Morgan fingerprint density at radius 1 is 1.23 bits per heavy atom. The van der Waals surface area contributed by atoms with Gasteiger partial charge in [0.15, 0.2) is 0 Å². The highest BCUT2D eigenvalue weighted by Gasteiger charge is 2.07. The molecule has 118 valence electrons. The minimum atomic E-state index is -0.312.